The van der Waals surface area contributed by atoms with Crippen molar-refractivity contribution in [3.05, 3.63) is 28.8 Å². The number of fused-ring (bicyclic) bond motifs is 1. The molecule has 0 heterocycles. The standard InChI is InChI=1S/C13H17NO4/c1-14-9-5-3-7-8(12(9)16)4-6-10(15)11(7)13(17)18-2/h4,6,9,12,14-16H,3,5H2,1-2H3. The molecule has 1 aromatic rings. The second kappa shape index (κ2) is 4.96. The van der Waals surface area contributed by atoms with E-state index in [-0.39, 0.29) is 17.4 Å². The largest absolute Gasteiger partial charge is 0.507 e. The molecule has 1 aliphatic rings. The Morgan fingerprint density at radius 3 is 2.83 bits per heavy atom. The zero-order chi connectivity index (χ0) is 13.3. The van der Waals surface area contributed by atoms with Crippen LogP contribution in [0.25, 0.3) is 0 Å². The van der Waals surface area contributed by atoms with Crippen molar-refractivity contribution in [3.63, 3.8) is 0 Å². The Kier molecular flexibility index (Phi) is 3.54. The summed E-state index contributed by atoms with van der Waals surface area (Å²) < 4.78 is 4.68. The van der Waals surface area contributed by atoms with Gasteiger partial charge in [-0.15, -0.1) is 0 Å². The van der Waals surface area contributed by atoms with Crippen LogP contribution in [0.1, 0.15) is 34.0 Å². The molecule has 0 saturated heterocycles. The number of aliphatic hydroxyl groups excluding tert-OH is 1. The van der Waals surface area contributed by atoms with E-state index in [4.69, 9.17) is 0 Å². The van der Waals surface area contributed by atoms with Crippen LogP contribution in [0.5, 0.6) is 5.75 Å². The van der Waals surface area contributed by atoms with Crippen LogP contribution in [-0.2, 0) is 11.2 Å². The zero-order valence-electron chi connectivity index (χ0n) is 10.4. The Labute approximate surface area is 105 Å². The lowest BCUT2D eigenvalue weighted by molar-refractivity contribution is 0.0593. The van der Waals surface area contributed by atoms with Crippen LogP contribution in [0.4, 0.5) is 0 Å². The minimum absolute atomic E-state index is 0.0347. The Morgan fingerprint density at radius 2 is 2.22 bits per heavy atom. The first-order valence-corrected chi connectivity index (χ1v) is 5.88. The monoisotopic (exact) mass is 251 g/mol. The van der Waals surface area contributed by atoms with E-state index in [1.807, 2.05) is 0 Å². The number of carbonyl (C=O) groups is 1. The molecule has 5 heteroatoms. The lowest BCUT2D eigenvalue weighted by Gasteiger charge is -2.30. The highest BCUT2D eigenvalue weighted by Crippen LogP contribution is 2.35. The van der Waals surface area contributed by atoms with Gasteiger partial charge in [-0.05, 0) is 37.1 Å². The van der Waals surface area contributed by atoms with Crippen LogP contribution in [0.3, 0.4) is 0 Å². The average Bonchev–Trinajstić information content (AvgIpc) is 2.38. The molecule has 1 aliphatic carbocycles. The maximum atomic E-state index is 11.7. The fourth-order valence-corrected chi connectivity index (χ4v) is 2.50. The topological polar surface area (TPSA) is 78.8 Å². The van der Waals surface area contributed by atoms with Gasteiger partial charge in [0.15, 0.2) is 0 Å². The molecule has 3 N–H and O–H groups in total. The van der Waals surface area contributed by atoms with Crippen LogP contribution in [0.2, 0.25) is 0 Å². The van der Waals surface area contributed by atoms with Crippen LogP contribution in [-0.4, -0.2) is 36.4 Å². The SMILES string of the molecule is CNC1CCc2c(ccc(O)c2C(=O)OC)C1O. The first-order chi connectivity index (χ1) is 8.60. The molecule has 2 atom stereocenters. The molecule has 0 spiro atoms. The van der Waals surface area contributed by atoms with E-state index in [2.05, 4.69) is 10.1 Å². The Morgan fingerprint density at radius 1 is 1.50 bits per heavy atom. The van der Waals surface area contributed by atoms with E-state index in [0.29, 0.717) is 24.0 Å². The quantitative estimate of drug-likeness (QED) is 0.676. The fourth-order valence-electron chi connectivity index (χ4n) is 2.50. The highest BCUT2D eigenvalue weighted by Gasteiger charge is 2.31. The van der Waals surface area contributed by atoms with E-state index in [1.54, 1.807) is 13.1 Å². The number of nitrogens with one attached hydrogen (secondary N) is 1. The highest BCUT2D eigenvalue weighted by atomic mass is 16.5. The molecule has 0 aromatic heterocycles. The van der Waals surface area contributed by atoms with E-state index in [1.165, 1.54) is 13.2 Å². The summed E-state index contributed by atoms with van der Waals surface area (Å²) in [6.07, 6.45) is 0.650. The number of rotatable bonds is 2. The molecule has 5 nitrogen and oxygen atoms in total. The first-order valence-electron chi connectivity index (χ1n) is 5.88. The Hall–Kier alpha value is -1.59. The summed E-state index contributed by atoms with van der Waals surface area (Å²) in [6, 6.07) is 3.05. The molecule has 0 bridgehead atoms. The van der Waals surface area contributed by atoms with Gasteiger partial charge < -0.3 is 20.3 Å². The summed E-state index contributed by atoms with van der Waals surface area (Å²) in [4.78, 5) is 11.7. The number of aromatic hydroxyl groups is 1. The molecule has 0 fully saturated rings. The number of esters is 1. The molecule has 1 aromatic carbocycles. The van der Waals surface area contributed by atoms with Crippen LogP contribution >= 0.6 is 0 Å². The van der Waals surface area contributed by atoms with Crippen molar-refractivity contribution in [2.24, 2.45) is 0 Å². The Bertz CT molecular complexity index is 472. The van der Waals surface area contributed by atoms with Gasteiger partial charge in [-0.1, -0.05) is 6.07 Å². The number of aliphatic hydroxyl groups is 1. The molecular formula is C13H17NO4. The van der Waals surface area contributed by atoms with E-state index in [0.717, 1.165) is 0 Å². The predicted octanol–water partition coefficient (Wildman–Crippen LogP) is 0.746. The van der Waals surface area contributed by atoms with Crippen molar-refractivity contribution in [3.8, 4) is 5.75 Å². The molecular weight excluding hydrogens is 234 g/mol. The molecule has 0 saturated carbocycles. The van der Waals surface area contributed by atoms with Gasteiger partial charge in [0.1, 0.15) is 11.3 Å². The summed E-state index contributed by atoms with van der Waals surface area (Å²) >= 11 is 0. The number of hydrogen-bond donors (Lipinski definition) is 3. The summed E-state index contributed by atoms with van der Waals surface area (Å²) in [6.45, 7) is 0. The van der Waals surface area contributed by atoms with E-state index in [9.17, 15) is 15.0 Å². The first kappa shape index (κ1) is 12.9. The molecule has 2 unspecified atom stereocenters. The van der Waals surface area contributed by atoms with Gasteiger partial charge in [0.25, 0.3) is 0 Å². The summed E-state index contributed by atoms with van der Waals surface area (Å²) in [5.41, 5.74) is 1.53. The molecule has 0 amide bonds. The molecule has 0 aliphatic heterocycles. The number of ether oxygens (including phenoxy) is 1. The second-order valence-electron chi connectivity index (χ2n) is 4.40. The van der Waals surface area contributed by atoms with Crippen molar-refractivity contribution < 1.29 is 19.7 Å². The van der Waals surface area contributed by atoms with Crippen LogP contribution in [0.15, 0.2) is 12.1 Å². The minimum atomic E-state index is -0.678. The van der Waals surface area contributed by atoms with Crippen LogP contribution in [0, 0.1) is 0 Å². The third kappa shape index (κ3) is 1.95. The van der Waals surface area contributed by atoms with Gasteiger partial charge >= 0.3 is 5.97 Å². The number of carbonyl (C=O) groups excluding carboxylic acids is 1. The summed E-state index contributed by atoms with van der Waals surface area (Å²) in [7, 11) is 3.07. The summed E-state index contributed by atoms with van der Waals surface area (Å²) in [5.74, 6) is -0.671. The normalized spacial score (nSPS) is 22.4. The van der Waals surface area contributed by atoms with Gasteiger partial charge in [-0.2, -0.15) is 0 Å². The van der Waals surface area contributed by atoms with Crippen LogP contribution < -0.4 is 5.32 Å². The number of benzene rings is 1. The zero-order valence-corrected chi connectivity index (χ0v) is 10.4. The molecule has 2 rings (SSSR count). The van der Waals surface area contributed by atoms with Gasteiger partial charge in [-0.3, -0.25) is 0 Å². The molecule has 0 radical (unpaired) electrons. The number of hydrogen-bond acceptors (Lipinski definition) is 5. The maximum Gasteiger partial charge on any atom is 0.341 e. The fraction of sp³-hybridized carbons (Fsp3) is 0.462. The maximum absolute atomic E-state index is 11.7. The van der Waals surface area contributed by atoms with Gasteiger partial charge in [0.2, 0.25) is 0 Å². The van der Waals surface area contributed by atoms with Gasteiger partial charge in [-0.25, -0.2) is 4.79 Å². The van der Waals surface area contributed by atoms with Crippen molar-refractivity contribution in [2.75, 3.05) is 14.2 Å². The van der Waals surface area contributed by atoms with Crippen molar-refractivity contribution in [2.45, 2.75) is 25.0 Å². The minimum Gasteiger partial charge on any atom is -0.507 e. The van der Waals surface area contributed by atoms with E-state index < -0.39 is 12.1 Å². The number of phenolic OH excluding ortho intramolecular Hbond substituents is 1. The number of phenols is 1. The smallest absolute Gasteiger partial charge is 0.341 e. The number of methoxy groups -OCH3 is 1. The number of likely N-dealkylation sites (N-methyl/N-ethyl adjacent to an activating group) is 1. The lowest BCUT2D eigenvalue weighted by Crippen LogP contribution is -2.36. The second-order valence-corrected chi connectivity index (χ2v) is 4.40. The molecule has 98 valence electrons. The predicted molar refractivity (Wildman–Crippen MR) is 65.6 cm³/mol. The van der Waals surface area contributed by atoms with Crippen molar-refractivity contribution in [1.29, 1.82) is 0 Å². The highest BCUT2D eigenvalue weighted by molar-refractivity contribution is 5.94. The van der Waals surface area contributed by atoms with Gasteiger partial charge in [0, 0.05) is 6.04 Å². The van der Waals surface area contributed by atoms with Crippen molar-refractivity contribution in [1.82, 2.24) is 5.32 Å². The third-order valence-electron chi connectivity index (χ3n) is 3.49. The Balaban J connectivity index is 2.52. The van der Waals surface area contributed by atoms with Gasteiger partial charge in [0.05, 0.1) is 13.2 Å². The molecule has 18 heavy (non-hydrogen) atoms. The average molecular weight is 251 g/mol. The third-order valence-corrected chi connectivity index (χ3v) is 3.49. The lowest BCUT2D eigenvalue weighted by atomic mass is 9.83. The van der Waals surface area contributed by atoms with Crippen molar-refractivity contribution >= 4 is 5.97 Å². The summed E-state index contributed by atoms with van der Waals surface area (Å²) in [5, 5.41) is 23.0. The van der Waals surface area contributed by atoms with E-state index >= 15 is 0 Å².